The Labute approximate surface area is 118 Å². The van der Waals surface area contributed by atoms with Gasteiger partial charge in [-0.25, -0.2) is 18.1 Å². The molecule has 0 radical (unpaired) electrons. The van der Waals surface area contributed by atoms with Crippen LogP contribution in [0.25, 0.3) is 0 Å². The van der Waals surface area contributed by atoms with E-state index in [2.05, 4.69) is 15.0 Å². The van der Waals surface area contributed by atoms with Gasteiger partial charge in [0.15, 0.2) is 5.03 Å². The molecule has 1 unspecified atom stereocenters. The first-order valence-electron chi connectivity index (χ1n) is 6.42. The quantitative estimate of drug-likeness (QED) is 0.836. The first-order chi connectivity index (χ1) is 9.13. The lowest BCUT2D eigenvalue weighted by Gasteiger charge is -2.14. The molecule has 1 aliphatic heterocycles. The van der Waals surface area contributed by atoms with E-state index in [1.54, 1.807) is 23.9 Å². The fourth-order valence-corrected chi connectivity index (χ4v) is 4.54. The van der Waals surface area contributed by atoms with Crippen molar-refractivity contribution in [3.63, 3.8) is 0 Å². The lowest BCUT2D eigenvalue weighted by Crippen LogP contribution is -2.35. The summed E-state index contributed by atoms with van der Waals surface area (Å²) in [5.74, 6) is 1.85. The van der Waals surface area contributed by atoms with E-state index >= 15 is 0 Å². The second kappa shape index (κ2) is 6.58. The summed E-state index contributed by atoms with van der Waals surface area (Å²) in [6, 6.07) is 3.51. The van der Waals surface area contributed by atoms with Crippen molar-refractivity contribution >= 4 is 27.5 Å². The Morgan fingerprint density at radius 3 is 3.05 bits per heavy atom. The smallest absolute Gasteiger partial charge is 0.260 e. The maximum atomic E-state index is 12.3. The second-order valence-electron chi connectivity index (χ2n) is 4.46. The number of hydrogen-bond donors (Lipinski definition) is 2. The third kappa shape index (κ3) is 3.84. The van der Waals surface area contributed by atoms with Gasteiger partial charge in [-0.05, 0) is 30.7 Å². The van der Waals surface area contributed by atoms with Crippen LogP contribution < -0.4 is 10.0 Å². The molecular formula is C12H19N3O2S2. The molecule has 0 saturated carbocycles. The van der Waals surface area contributed by atoms with E-state index in [-0.39, 0.29) is 11.1 Å². The molecule has 1 aromatic rings. The molecule has 1 atom stereocenters. The largest absolute Gasteiger partial charge is 0.383 e. The average Bonchev–Trinajstić information content (AvgIpc) is 2.88. The summed E-state index contributed by atoms with van der Waals surface area (Å²) in [6.07, 6.45) is 3.32. The van der Waals surface area contributed by atoms with Crippen molar-refractivity contribution in [3.8, 4) is 0 Å². The molecule has 0 aromatic carbocycles. The van der Waals surface area contributed by atoms with Crippen molar-refractivity contribution in [3.05, 3.63) is 18.3 Å². The minimum absolute atomic E-state index is 0.0241. The summed E-state index contributed by atoms with van der Waals surface area (Å²) in [6.45, 7) is 2.76. The fourth-order valence-electron chi connectivity index (χ4n) is 1.90. The molecular weight excluding hydrogens is 282 g/mol. The number of pyridine rings is 1. The van der Waals surface area contributed by atoms with Crippen LogP contribution in [0.1, 0.15) is 19.8 Å². The van der Waals surface area contributed by atoms with Crippen molar-refractivity contribution in [2.45, 2.75) is 30.8 Å². The van der Waals surface area contributed by atoms with E-state index in [9.17, 15) is 8.42 Å². The van der Waals surface area contributed by atoms with Gasteiger partial charge in [0.05, 0.1) is 5.69 Å². The van der Waals surface area contributed by atoms with Gasteiger partial charge in [0.25, 0.3) is 10.0 Å². The number of anilines is 1. The molecule has 2 N–H and O–H groups in total. The Bertz CT molecular complexity index is 513. The number of thioether (sulfide) groups is 1. The highest BCUT2D eigenvalue weighted by Crippen LogP contribution is 2.22. The maximum absolute atomic E-state index is 12.3. The van der Waals surface area contributed by atoms with E-state index in [0.717, 1.165) is 30.9 Å². The zero-order chi connectivity index (χ0) is 13.7. The third-order valence-electron chi connectivity index (χ3n) is 2.84. The third-order valence-corrected chi connectivity index (χ3v) is 5.48. The average molecular weight is 301 g/mol. The van der Waals surface area contributed by atoms with E-state index in [4.69, 9.17) is 0 Å². The van der Waals surface area contributed by atoms with Gasteiger partial charge in [-0.15, -0.1) is 0 Å². The minimum Gasteiger partial charge on any atom is -0.383 e. The van der Waals surface area contributed by atoms with E-state index in [0.29, 0.717) is 5.69 Å². The van der Waals surface area contributed by atoms with Crippen LogP contribution in [0.15, 0.2) is 23.4 Å². The molecule has 1 aromatic heterocycles. The lowest BCUT2D eigenvalue weighted by molar-refractivity contribution is 0.560. The first kappa shape index (κ1) is 14.6. The van der Waals surface area contributed by atoms with Crippen molar-refractivity contribution in [2.75, 3.05) is 23.4 Å². The molecule has 1 saturated heterocycles. The topological polar surface area (TPSA) is 71.1 Å². The van der Waals surface area contributed by atoms with Gasteiger partial charge in [-0.1, -0.05) is 6.92 Å². The van der Waals surface area contributed by atoms with E-state index in [1.807, 2.05) is 6.92 Å². The maximum Gasteiger partial charge on any atom is 0.260 e. The molecule has 2 rings (SSSR count). The molecule has 1 fully saturated rings. The number of hydrogen-bond acceptors (Lipinski definition) is 5. The van der Waals surface area contributed by atoms with Gasteiger partial charge in [0, 0.05) is 24.5 Å². The fraction of sp³-hybridized carbons (Fsp3) is 0.583. The minimum atomic E-state index is -3.54. The summed E-state index contributed by atoms with van der Waals surface area (Å²) >= 11 is 1.77. The predicted molar refractivity (Wildman–Crippen MR) is 79.1 cm³/mol. The summed E-state index contributed by atoms with van der Waals surface area (Å²) in [4.78, 5) is 4.03. The van der Waals surface area contributed by atoms with Crippen molar-refractivity contribution in [2.24, 2.45) is 0 Å². The van der Waals surface area contributed by atoms with Crippen LogP contribution in [0, 0.1) is 0 Å². The molecule has 0 spiro atoms. The monoisotopic (exact) mass is 301 g/mol. The number of sulfonamides is 1. The molecule has 0 bridgehead atoms. The van der Waals surface area contributed by atoms with E-state index in [1.165, 1.54) is 6.20 Å². The highest BCUT2D eigenvalue weighted by molar-refractivity contribution is 7.99. The summed E-state index contributed by atoms with van der Waals surface area (Å²) in [7, 11) is -3.54. The summed E-state index contributed by atoms with van der Waals surface area (Å²) < 4.78 is 27.4. The summed E-state index contributed by atoms with van der Waals surface area (Å²) in [5, 5.41) is 3.20. The molecule has 5 nitrogen and oxygen atoms in total. The standard InChI is InChI=1S/C12H19N3O2S2/c1-2-6-13-11-4-3-7-14-12(11)19(16,17)15-10-5-8-18-9-10/h3-4,7,10,13,15H,2,5-6,8-9H2,1H3. The normalized spacial score (nSPS) is 19.5. The van der Waals surface area contributed by atoms with E-state index < -0.39 is 10.0 Å². The van der Waals surface area contributed by atoms with Crippen LogP contribution in [-0.2, 0) is 10.0 Å². The van der Waals surface area contributed by atoms with Gasteiger partial charge in [-0.2, -0.15) is 11.8 Å². The van der Waals surface area contributed by atoms with Crippen molar-refractivity contribution in [1.82, 2.24) is 9.71 Å². The Balaban J connectivity index is 2.18. The number of rotatable bonds is 6. The summed E-state index contributed by atoms with van der Waals surface area (Å²) in [5.41, 5.74) is 0.572. The highest BCUT2D eigenvalue weighted by atomic mass is 32.2. The molecule has 1 aliphatic rings. The molecule has 0 amide bonds. The number of nitrogens with zero attached hydrogens (tertiary/aromatic N) is 1. The molecule has 0 aliphatic carbocycles. The Morgan fingerprint density at radius 2 is 2.37 bits per heavy atom. The predicted octanol–water partition coefficient (Wildman–Crippen LogP) is 1.69. The van der Waals surface area contributed by atoms with Crippen LogP contribution in [0.2, 0.25) is 0 Å². The van der Waals surface area contributed by atoms with Crippen LogP contribution in [0.3, 0.4) is 0 Å². The zero-order valence-electron chi connectivity index (χ0n) is 10.9. The second-order valence-corrected chi connectivity index (χ2v) is 7.24. The number of aromatic nitrogens is 1. The van der Waals surface area contributed by atoms with Crippen LogP contribution in [-0.4, -0.2) is 37.5 Å². The van der Waals surface area contributed by atoms with Gasteiger partial charge in [0.2, 0.25) is 0 Å². The SMILES string of the molecule is CCCNc1cccnc1S(=O)(=O)NC1CCSC1. The Hall–Kier alpha value is -0.790. The highest BCUT2D eigenvalue weighted by Gasteiger charge is 2.26. The van der Waals surface area contributed by atoms with Gasteiger partial charge >= 0.3 is 0 Å². The molecule has 7 heteroatoms. The van der Waals surface area contributed by atoms with Gasteiger partial charge < -0.3 is 5.32 Å². The van der Waals surface area contributed by atoms with Crippen molar-refractivity contribution in [1.29, 1.82) is 0 Å². The Morgan fingerprint density at radius 1 is 1.53 bits per heavy atom. The molecule has 2 heterocycles. The van der Waals surface area contributed by atoms with Gasteiger partial charge in [-0.3, -0.25) is 0 Å². The van der Waals surface area contributed by atoms with Crippen LogP contribution in [0.5, 0.6) is 0 Å². The molecule has 106 valence electrons. The Kier molecular flexibility index (Phi) is 5.06. The molecule has 19 heavy (non-hydrogen) atoms. The van der Waals surface area contributed by atoms with Gasteiger partial charge in [0.1, 0.15) is 0 Å². The first-order valence-corrected chi connectivity index (χ1v) is 9.06. The zero-order valence-corrected chi connectivity index (χ0v) is 12.6. The lowest BCUT2D eigenvalue weighted by atomic mass is 10.3. The van der Waals surface area contributed by atoms with Crippen LogP contribution in [0.4, 0.5) is 5.69 Å². The van der Waals surface area contributed by atoms with Crippen molar-refractivity contribution < 1.29 is 8.42 Å². The number of nitrogens with one attached hydrogen (secondary N) is 2. The van der Waals surface area contributed by atoms with Crippen LogP contribution >= 0.6 is 11.8 Å².